The van der Waals surface area contributed by atoms with Crippen LogP contribution in [-0.4, -0.2) is 67.3 Å². The number of morpholine rings is 1. The van der Waals surface area contributed by atoms with Gasteiger partial charge < -0.3 is 15.0 Å². The monoisotopic (exact) mass is 415 g/mol. The highest BCUT2D eigenvalue weighted by atomic mass is 16.5. The topological polar surface area (TPSA) is 44.8 Å². The number of ether oxygens (including phenoxy) is 1. The molecule has 1 aliphatic rings. The number of hydrogen-bond acceptors (Lipinski definition) is 3. The molecule has 1 N–H and O–H groups in total. The molecule has 1 aliphatic heterocycles. The maximum absolute atomic E-state index is 13.1. The average Bonchev–Trinajstić information content (AvgIpc) is 2.71. The number of carbonyl (C=O) groups is 1. The van der Waals surface area contributed by atoms with Crippen LogP contribution in [-0.2, 0) is 4.74 Å². The third-order valence-electron chi connectivity index (χ3n) is 5.22. The van der Waals surface area contributed by atoms with Crippen LogP contribution in [0.2, 0.25) is 0 Å². The Morgan fingerprint density at radius 1 is 1.17 bits per heavy atom. The van der Waals surface area contributed by atoms with Gasteiger partial charge in [0.1, 0.15) is 0 Å². The number of unbranched alkanes of at least 4 members (excludes halogenated alkanes) is 2. The Labute approximate surface area is 183 Å². The van der Waals surface area contributed by atoms with Gasteiger partial charge in [-0.05, 0) is 39.2 Å². The summed E-state index contributed by atoms with van der Waals surface area (Å²) in [6, 6.07) is 10.5. The summed E-state index contributed by atoms with van der Waals surface area (Å²) in [5.74, 6) is 0. The Kier molecular flexibility index (Phi) is 10.4. The van der Waals surface area contributed by atoms with E-state index in [1.54, 1.807) is 0 Å². The Bertz CT molecular complexity index is 646. The fourth-order valence-corrected chi connectivity index (χ4v) is 3.57. The second-order valence-corrected chi connectivity index (χ2v) is 9.23. The largest absolute Gasteiger partial charge is 0.379 e. The van der Waals surface area contributed by atoms with E-state index < -0.39 is 0 Å². The number of benzene rings is 1. The van der Waals surface area contributed by atoms with Crippen LogP contribution in [0.25, 0.3) is 6.08 Å². The molecule has 0 unspecified atom stereocenters. The number of urea groups is 1. The smallest absolute Gasteiger partial charge is 0.318 e. The van der Waals surface area contributed by atoms with Crippen LogP contribution in [0.5, 0.6) is 0 Å². The maximum Gasteiger partial charge on any atom is 0.318 e. The molecule has 2 rings (SSSR count). The summed E-state index contributed by atoms with van der Waals surface area (Å²) in [5, 5.41) is 3.16. The summed E-state index contributed by atoms with van der Waals surface area (Å²) < 4.78 is 5.46. The second kappa shape index (κ2) is 12.8. The zero-order valence-corrected chi connectivity index (χ0v) is 19.5. The number of carbonyl (C=O) groups excluding carboxylic acids is 1. The van der Waals surface area contributed by atoms with Crippen molar-refractivity contribution in [1.29, 1.82) is 0 Å². The van der Waals surface area contributed by atoms with E-state index in [9.17, 15) is 4.79 Å². The average molecular weight is 416 g/mol. The normalized spacial score (nSPS) is 15.8. The molecule has 1 aromatic carbocycles. The standard InChI is InChI=1S/C25H41N3O2/c1-5-6-8-13-23(20-22-11-9-7-10-12-22)21-28(24(29)26-25(2,3)4)15-14-27-16-18-30-19-17-27/h7,9-12,20H,5-6,8,13-19,21H2,1-4H3,(H,26,29)/b23-20+. The Morgan fingerprint density at radius 3 is 2.50 bits per heavy atom. The summed E-state index contributed by atoms with van der Waals surface area (Å²) >= 11 is 0. The van der Waals surface area contributed by atoms with Crippen molar-refractivity contribution in [2.45, 2.75) is 58.9 Å². The van der Waals surface area contributed by atoms with E-state index in [1.807, 2.05) is 31.7 Å². The van der Waals surface area contributed by atoms with E-state index in [1.165, 1.54) is 24.0 Å². The molecule has 0 atom stereocenters. The lowest BCUT2D eigenvalue weighted by Gasteiger charge is -2.32. The molecule has 0 bridgehead atoms. The minimum absolute atomic E-state index is 0.0187. The molecule has 0 spiro atoms. The predicted octanol–water partition coefficient (Wildman–Crippen LogP) is 4.79. The summed E-state index contributed by atoms with van der Waals surface area (Å²) in [5.41, 5.74) is 2.27. The van der Waals surface area contributed by atoms with Crippen molar-refractivity contribution in [3.05, 3.63) is 41.5 Å². The molecule has 0 radical (unpaired) electrons. The van der Waals surface area contributed by atoms with Crippen molar-refractivity contribution < 1.29 is 9.53 Å². The van der Waals surface area contributed by atoms with Crippen LogP contribution >= 0.6 is 0 Å². The highest BCUT2D eigenvalue weighted by Gasteiger charge is 2.22. The predicted molar refractivity (Wildman–Crippen MR) is 126 cm³/mol. The number of amides is 2. The highest BCUT2D eigenvalue weighted by Crippen LogP contribution is 2.16. The van der Waals surface area contributed by atoms with E-state index in [4.69, 9.17) is 4.74 Å². The fraction of sp³-hybridized carbons (Fsp3) is 0.640. The first kappa shape index (κ1) is 24.4. The molecule has 2 amide bonds. The van der Waals surface area contributed by atoms with Gasteiger partial charge in [0.15, 0.2) is 0 Å². The fourth-order valence-electron chi connectivity index (χ4n) is 3.57. The Hall–Kier alpha value is -1.85. The first-order chi connectivity index (χ1) is 14.4. The summed E-state index contributed by atoms with van der Waals surface area (Å²) in [6.45, 7) is 14.1. The van der Waals surface area contributed by atoms with Crippen molar-refractivity contribution in [2.75, 3.05) is 45.9 Å². The van der Waals surface area contributed by atoms with Gasteiger partial charge in [0, 0.05) is 38.3 Å². The Balaban J connectivity index is 2.12. The third-order valence-corrected chi connectivity index (χ3v) is 5.22. The number of nitrogens with one attached hydrogen (secondary N) is 1. The molecule has 0 aliphatic carbocycles. The molecule has 5 nitrogen and oxygen atoms in total. The van der Waals surface area contributed by atoms with Gasteiger partial charge in [0.2, 0.25) is 0 Å². The number of nitrogens with zero attached hydrogens (tertiary/aromatic N) is 2. The van der Waals surface area contributed by atoms with Crippen LogP contribution < -0.4 is 5.32 Å². The minimum atomic E-state index is -0.250. The first-order valence-corrected chi connectivity index (χ1v) is 11.5. The van der Waals surface area contributed by atoms with Gasteiger partial charge >= 0.3 is 6.03 Å². The first-order valence-electron chi connectivity index (χ1n) is 11.5. The zero-order chi connectivity index (χ0) is 21.8. The van der Waals surface area contributed by atoms with Crippen LogP contribution in [0.15, 0.2) is 35.9 Å². The quantitative estimate of drug-likeness (QED) is 0.559. The molecule has 0 aromatic heterocycles. The van der Waals surface area contributed by atoms with E-state index in [0.717, 1.165) is 52.2 Å². The molecular formula is C25H41N3O2. The van der Waals surface area contributed by atoms with Crippen molar-refractivity contribution >= 4 is 12.1 Å². The van der Waals surface area contributed by atoms with Gasteiger partial charge in [-0.15, -0.1) is 0 Å². The molecule has 1 fully saturated rings. The van der Waals surface area contributed by atoms with Gasteiger partial charge in [-0.3, -0.25) is 4.90 Å². The SMILES string of the molecule is CCCCC/C(=C\c1ccccc1)CN(CCN1CCOCC1)C(=O)NC(C)(C)C. The molecule has 1 aromatic rings. The van der Waals surface area contributed by atoms with Gasteiger partial charge in [-0.25, -0.2) is 4.79 Å². The van der Waals surface area contributed by atoms with Crippen molar-refractivity contribution in [3.63, 3.8) is 0 Å². The van der Waals surface area contributed by atoms with Gasteiger partial charge in [0.05, 0.1) is 13.2 Å². The van der Waals surface area contributed by atoms with Gasteiger partial charge in [-0.2, -0.15) is 0 Å². The third kappa shape index (κ3) is 9.77. The molecule has 168 valence electrons. The van der Waals surface area contributed by atoms with Crippen LogP contribution in [0.4, 0.5) is 4.79 Å². The maximum atomic E-state index is 13.1. The Morgan fingerprint density at radius 2 is 1.87 bits per heavy atom. The minimum Gasteiger partial charge on any atom is -0.379 e. The van der Waals surface area contributed by atoms with Crippen LogP contribution in [0, 0.1) is 0 Å². The van der Waals surface area contributed by atoms with Crippen molar-refractivity contribution in [2.24, 2.45) is 0 Å². The lowest BCUT2D eigenvalue weighted by Crippen LogP contribution is -2.51. The molecule has 1 saturated heterocycles. The molecule has 0 saturated carbocycles. The van der Waals surface area contributed by atoms with E-state index in [-0.39, 0.29) is 11.6 Å². The summed E-state index contributed by atoms with van der Waals surface area (Å²) in [6.07, 6.45) is 6.87. The lowest BCUT2D eigenvalue weighted by molar-refractivity contribution is 0.0351. The van der Waals surface area contributed by atoms with Gasteiger partial charge in [0.25, 0.3) is 0 Å². The van der Waals surface area contributed by atoms with Crippen LogP contribution in [0.3, 0.4) is 0 Å². The van der Waals surface area contributed by atoms with Crippen molar-refractivity contribution in [3.8, 4) is 0 Å². The zero-order valence-electron chi connectivity index (χ0n) is 19.5. The lowest BCUT2D eigenvalue weighted by atomic mass is 10.0. The number of rotatable bonds is 10. The number of hydrogen-bond donors (Lipinski definition) is 1. The van der Waals surface area contributed by atoms with Crippen LogP contribution in [0.1, 0.15) is 58.9 Å². The molecule has 1 heterocycles. The van der Waals surface area contributed by atoms with E-state index >= 15 is 0 Å². The van der Waals surface area contributed by atoms with Crippen molar-refractivity contribution in [1.82, 2.24) is 15.1 Å². The summed E-state index contributed by atoms with van der Waals surface area (Å²) in [4.78, 5) is 17.5. The molecule has 30 heavy (non-hydrogen) atoms. The second-order valence-electron chi connectivity index (χ2n) is 9.23. The van der Waals surface area contributed by atoms with Gasteiger partial charge in [-0.1, -0.05) is 61.7 Å². The van der Waals surface area contributed by atoms with E-state index in [2.05, 4.69) is 47.5 Å². The summed E-state index contributed by atoms with van der Waals surface area (Å²) in [7, 11) is 0. The van der Waals surface area contributed by atoms with E-state index in [0.29, 0.717) is 6.54 Å². The molecular weight excluding hydrogens is 374 g/mol. The molecule has 5 heteroatoms. The highest BCUT2D eigenvalue weighted by molar-refractivity contribution is 5.75.